The highest BCUT2D eigenvalue weighted by Crippen LogP contribution is 2.36. The van der Waals surface area contributed by atoms with Crippen LogP contribution in [0.4, 0.5) is 0 Å². The highest BCUT2D eigenvalue weighted by atomic mass is 35.5. The number of amides is 1. The van der Waals surface area contributed by atoms with E-state index in [1.165, 1.54) is 0 Å². The largest absolute Gasteiger partial charge is 0.489 e. The molecule has 4 nitrogen and oxygen atoms in total. The van der Waals surface area contributed by atoms with Crippen molar-refractivity contribution in [3.63, 3.8) is 0 Å². The Balaban J connectivity index is 1.95. The highest BCUT2D eigenvalue weighted by Gasteiger charge is 2.23. The van der Waals surface area contributed by atoms with Crippen molar-refractivity contribution >= 4 is 17.5 Å². The quantitative estimate of drug-likeness (QED) is 0.880. The Hall–Kier alpha value is -2.04. The number of nitrogens with one attached hydrogen (secondary N) is 1. The molecule has 2 aromatic rings. The van der Waals surface area contributed by atoms with Gasteiger partial charge in [0.25, 0.3) is 5.91 Å². The predicted molar refractivity (Wildman–Crippen MR) is 98.5 cm³/mol. The number of halogens is 1. The lowest BCUT2D eigenvalue weighted by atomic mass is 9.93. The van der Waals surface area contributed by atoms with Gasteiger partial charge in [0.2, 0.25) is 0 Å². The average molecular weight is 360 g/mol. The van der Waals surface area contributed by atoms with Crippen molar-refractivity contribution in [3.05, 3.63) is 63.2 Å². The zero-order valence-corrected chi connectivity index (χ0v) is 15.4. The number of ether oxygens (including phenoxy) is 1. The number of carbonyl (C=O) groups is 1. The van der Waals surface area contributed by atoms with Crippen LogP contribution in [-0.2, 0) is 12.0 Å². The molecule has 1 heterocycles. The van der Waals surface area contributed by atoms with Gasteiger partial charge in [0.1, 0.15) is 6.61 Å². The fourth-order valence-electron chi connectivity index (χ4n) is 2.93. The second-order valence-electron chi connectivity index (χ2n) is 6.89. The van der Waals surface area contributed by atoms with Gasteiger partial charge in [-0.1, -0.05) is 35.9 Å². The summed E-state index contributed by atoms with van der Waals surface area (Å²) < 4.78 is 5.65. The Labute approximate surface area is 152 Å². The fraction of sp³-hybridized carbons (Fsp3) is 0.350. The number of benzene rings is 2. The van der Waals surface area contributed by atoms with Crippen molar-refractivity contribution in [2.75, 3.05) is 13.2 Å². The van der Waals surface area contributed by atoms with E-state index < -0.39 is 5.60 Å². The van der Waals surface area contributed by atoms with Crippen LogP contribution in [0.3, 0.4) is 0 Å². The van der Waals surface area contributed by atoms with Crippen LogP contribution in [0.5, 0.6) is 5.75 Å². The zero-order valence-electron chi connectivity index (χ0n) is 14.6. The first kappa shape index (κ1) is 17.8. The molecule has 0 radical (unpaired) electrons. The van der Waals surface area contributed by atoms with Crippen molar-refractivity contribution in [1.82, 2.24) is 5.32 Å². The maximum Gasteiger partial charge on any atom is 0.255 e. The second-order valence-corrected chi connectivity index (χ2v) is 7.27. The van der Waals surface area contributed by atoms with Crippen LogP contribution in [-0.4, -0.2) is 24.2 Å². The van der Waals surface area contributed by atoms with Gasteiger partial charge < -0.3 is 15.2 Å². The fourth-order valence-corrected chi connectivity index (χ4v) is 3.21. The molecule has 0 fully saturated rings. The summed E-state index contributed by atoms with van der Waals surface area (Å²) in [6.45, 7) is 6.34. The topological polar surface area (TPSA) is 58.6 Å². The molecule has 2 aromatic carbocycles. The van der Waals surface area contributed by atoms with Gasteiger partial charge in [-0.2, -0.15) is 0 Å². The van der Waals surface area contributed by atoms with Crippen molar-refractivity contribution in [2.45, 2.75) is 32.8 Å². The van der Waals surface area contributed by atoms with E-state index in [1.807, 2.05) is 37.3 Å². The first-order valence-corrected chi connectivity index (χ1v) is 8.70. The van der Waals surface area contributed by atoms with Crippen LogP contribution < -0.4 is 10.1 Å². The van der Waals surface area contributed by atoms with Gasteiger partial charge >= 0.3 is 0 Å². The Kier molecular flexibility index (Phi) is 4.76. The zero-order chi connectivity index (χ0) is 18.2. The lowest BCUT2D eigenvalue weighted by molar-refractivity contribution is 0.0785. The first-order valence-electron chi connectivity index (χ1n) is 8.32. The van der Waals surface area contributed by atoms with Gasteiger partial charge in [-0.05, 0) is 55.5 Å². The van der Waals surface area contributed by atoms with Crippen molar-refractivity contribution in [3.8, 4) is 5.75 Å². The summed E-state index contributed by atoms with van der Waals surface area (Å²) in [6.07, 6.45) is 0.651. The predicted octanol–water partition coefficient (Wildman–Crippen LogP) is 3.59. The molecule has 3 rings (SSSR count). The minimum Gasteiger partial charge on any atom is -0.489 e. The normalized spacial score (nSPS) is 14.4. The molecule has 132 valence electrons. The number of carbonyl (C=O) groups excluding carboxylic acids is 1. The van der Waals surface area contributed by atoms with Crippen molar-refractivity contribution in [2.24, 2.45) is 0 Å². The van der Waals surface area contributed by atoms with E-state index in [2.05, 4.69) is 5.32 Å². The molecule has 0 spiro atoms. The van der Waals surface area contributed by atoms with Gasteiger partial charge in [0.15, 0.2) is 5.75 Å². The Morgan fingerprint density at radius 1 is 1.28 bits per heavy atom. The lowest BCUT2D eigenvalue weighted by Gasteiger charge is -2.18. The summed E-state index contributed by atoms with van der Waals surface area (Å²) in [5.74, 6) is 0.309. The van der Waals surface area contributed by atoms with E-state index >= 15 is 0 Å². The molecule has 1 aliphatic heterocycles. The molecular formula is C20H22ClNO3. The first-order chi connectivity index (χ1) is 11.8. The van der Waals surface area contributed by atoms with Crippen molar-refractivity contribution in [1.29, 1.82) is 0 Å². The van der Waals surface area contributed by atoms with E-state index in [-0.39, 0.29) is 5.91 Å². The molecule has 0 aromatic heterocycles. The van der Waals surface area contributed by atoms with E-state index in [4.69, 9.17) is 16.3 Å². The number of hydrogen-bond acceptors (Lipinski definition) is 3. The van der Waals surface area contributed by atoms with Gasteiger partial charge in [-0.25, -0.2) is 0 Å². The molecule has 5 heteroatoms. The van der Waals surface area contributed by atoms with Gasteiger partial charge in [0.05, 0.1) is 22.7 Å². The van der Waals surface area contributed by atoms with Crippen LogP contribution in [0.15, 0.2) is 30.3 Å². The summed E-state index contributed by atoms with van der Waals surface area (Å²) in [7, 11) is 0. The molecular weight excluding hydrogens is 338 g/mol. The number of hydrogen-bond donors (Lipinski definition) is 2. The van der Waals surface area contributed by atoms with Crippen molar-refractivity contribution < 1.29 is 14.6 Å². The molecule has 0 aliphatic carbocycles. The Morgan fingerprint density at radius 3 is 2.60 bits per heavy atom. The van der Waals surface area contributed by atoms with Gasteiger partial charge in [-0.15, -0.1) is 0 Å². The van der Waals surface area contributed by atoms with Crippen LogP contribution in [0.1, 0.15) is 46.5 Å². The summed E-state index contributed by atoms with van der Waals surface area (Å²) in [5, 5.41) is 13.4. The summed E-state index contributed by atoms with van der Waals surface area (Å²) in [4.78, 5) is 12.3. The van der Waals surface area contributed by atoms with E-state index in [9.17, 15) is 9.90 Å². The van der Waals surface area contributed by atoms with E-state index in [1.54, 1.807) is 13.8 Å². The maximum absolute atomic E-state index is 12.3. The molecule has 2 N–H and O–H groups in total. The third-order valence-electron chi connectivity index (χ3n) is 4.51. The average Bonchev–Trinajstić information content (AvgIpc) is 2.74. The molecule has 0 saturated carbocycles. The highest BCUT2D eigenvalue weighted by molar-refractivity contribution is 6.33. The van der Waals surface area contributed by atoms with Gasteiger partial charge in [0, 0.05) is 0 Å². The monoisotopic (exact) mass is 359 g/mol. The molecule has 0 saturated heterocycles. The number of aliphatic hydroxyl groups is 1. The maximum atomic E-state index is 12.3. The summed E-state index contributed by atoms with van der Waals surface area (Å²) >= 11 is 6.47. The number of rotatable bonds is 3. The minimum absolute atomic E-state index is 0.159. The van der Waals surface area contributed by atoms with E-state index in [0.29, 0.717) is 35.9 Å². The lowest BCUT2D eigenvalue weighted by Crippen LogP contribution is -2.24. The number of fused-ring (bicyclic) bond motifs is 1. The molecule has 1 amide bonds. The molecule has 0 bridgehead atoms. The Morgan fingerprint density at radius 2 is 1.96 bits per heavy atom. The third kappa shape index (κ3) is 3.65. The molecule has 0 atom stereocenters. The smallest absolute Gasteiger partial charge is 0.255 e. The van der Waals surface area contributed by atoms with Crippen LogP contribution in [0.25, 0.3) is 0 Å². The standard InChI is InChI=1S/C20H22ClNO3/c1-12-14(10-13-4-6-15(7-5-13)20(2,3)24)11-16-18(17(12)21)25-9-8-22-19(16)23/h4-7,11,24H,8-10H2,1-3H3,(H,22,23). The van der Waals surface area contributed by atoms with Gasteiger partial charge in [-0.3, -0.25) is 4.79 Å². The van der Waals surface area contributed by atoms with Crippen LogP contribution in [0, 0.1) is 6.92 Å². The summed E-state index contributed by atoms with van der Waals surface area (Å²) in [6, 6.07) is 9.68. The van der Waals surface area contributed by atoms with Crippen LogP contribution in [0.2, 0.25) is 5.02 Å². The summed E-state index contributed by atoms with van der Waals surface area (Å²) in [5.41, 5.74) is 3.47. The molecule has 0 unspecified atom stereocenters. The second kappa shape index (κ2) is 6.70. The molecule has 1 aliphatic rings. The Bertz CT molecular complexity index is 807. The SMILES string of the molecule is Cc1c(Cc2ccc(C(C)(C)O)cc2)cc2c(c1Cl)OCCNC2=O. The molecule has 25 heavy (non-hydrogen) atoms. The third-order valence-corrected chi connectivity index (χ3v) is 4.96. The van der Waals surface area contributed by atoms with Crippen LogP contribution >= 0.6 is 11.6 Å². The van der Waals surface area contributed by atoms with E-state index in [0.717, 1.165) is 22.3 Å². The minimum atomic E-state index is -0.864.